The highest BCUT2D eigenvalue weighted by atomic mass is 16.6. The Bertz CT molecular complexity index is 322. The van der Waals surface area contributed by atoms with Gasteiger partial charge in [-0.3, -0.25) is 16.0 Å². The number of ether oxygens (including phenoxy) is 2. The molecule has 3 N–H and O–H groups in total. The lowest BCUT2D eigenvalue weighted by molar-refractivity contribution is -0.101. The predicted octanol–water partition coefficient (Wildman–Crippen LogP) is -0.790. The van der Waals surface area contributed by atoms with E-state index in [2.05, 4.69) is 10.5 Å². The highest BCUT2D eigenvalue weighted by Gasteiger charge is 2.24. The van der Waals surface area contributed by atoms with Crippen molar-refractivity contribution >= 4 is 0 Å². The maximum atomic E-state index is 5.62. The first-order valence-electron chi connectivity index (χ1n) is 5.42. The monoisotopic (exact) mass is 226 g/mol. The summed E-state index contributed by atoms with van der Waals surface area (Å²) >= 11 is 0. The summed E-state index contributed by atoms with van der Waals surface area (Å²) in [7, 11) is 1.90. The van der Waals surface area contributed by atoms with E-state index in [4.69, 9.17) is 15.3 Å². The second-order valence-electron chi connectivity index (χ2n) is 3.98. The Hall–Kier alpha value is -0.950. The summed E-state index contributed by atoms with van der Waals surface area (Å²) in [6, 6.07) is 0.0597. The molecule has 2 unspecified atom stereocenters. The number of hydrazine groups is 1. The predicted molar refractivity (Wildman–Crippen MR) is 58.6 cm³/mol. The fraction of sp³-hybridized carbons (Fsp3) is 0.700. The average Bonchev–Trinajstić information content (AvgIpc) is 2.73. The molecule has 0 saturated carbocycles. The van der Waals surface area contributed by atoms with Gasteiger partial charge in [0.15, 0.2) is 0 Å². The molecule has 1 aliphatic heterocycles. The lowest BCUT2D eigenvalue weighted by atomic mass is 10.0. The molecule has 0 amide bonds. The molecule has 90 valence electrons. The summed E-state index contributed by atoms with van der Waals surface area (Å²) in [5.74, 6) is 5.55. The van der Waals surface area contributed by atoms with Crippen molar-refractivity contribution in [2.45, 2.75) is 18.6 Å². The molecule has 2 rings (SSSR count). The van der Waals surface area contributed by atoms with Crippen LogP contribution in [0.2, 0.25) is 0 Å². The molecule has 1 aromatic heterocycles. The molecular weight excluding hydrogens is 208 g/mol. The molecular formula is C10H18N4O2. The summed E-state index contributed by atoms with van der Waals surface area (Å²) in [4.78, 5) is 0. The first kappa shape index (κ1) is 11.5. The van der Waals surface area contributed by atoms with Gasteiger partial charge in [0.05, 0.1) is 38.2 Å². The summed E-state index contributed by atoms with van der Waals surface area (Å²) in [6.45, 7) is 1.89. The topological polar surface area (TPSA) is 74.3 Å². The van der Waals surface area contributed by atoms with E-state index in [0.717, 1.165) is 12.0 Å². The zero-order valence-electron chi connectivity index (χ0n) is 9.43. The Kier molecular flexibility index (Phi) is 3.89. The van der Waals surface area contributed by atoms with Crippen LogP contribution in [-0.4, -0.2) is 41.7 Å². The number of nitrogens with two attached hydrogens (primary N) is 1. The summed E-state index contributed by atoms with van der Waals surface area (Å²) in [5, 5.41) is 4.13. The fourth-order valence-corrected chi connectivity index (χ4v) is 1.87. The standard InChI is InChI=1S/C10H18N4O2/c1-14-6-8(5-12-14)4-9(13-11)10-7-15-2-3-16-10/h5-6,9-10,13H,2-4,7,11H2,1H3. The fourth-order valence-electron chi connectivity index (χ4n) is 1.87. The maximum Gasteiger partial charge on any atom is 0.0978 e. The highest BCUT2D eigenvalue weighted by Crippen LogP contribution is 2.10. The molecule has 2 heterocycles. The number of nitrogens with zero attached hydrogens (tertiary/aromatic N) is 2. The van der Waals surface area contributed by atoms with Crippen LogP contribution in [0, 0.1) is 0 Å². The van der Waals surface area contributed by atoms with E-state index in [1.165, 1.54) is 0 Å². The van der Waals surface area contributed by atoms with Crippen LogP contribution in [0.25, 0.3) is 0 Å². The van der Waals surface area contributed by atoms with Crippen LogP contribution in [0.1, 0.15) is 5.56 Å². The number of aromatic nitrogens is 2. The van der Waals surface area contributed by atoms with Crippen LogP contribution in [-0.2, 0) is 22.9 Å². The van der Waals surface area contributed by atoms with E-state index in [1.807, 2.05) is 19.4 Å². The van der Waals surface area contributed by atoms with Crippen molar-refractivity contribution in [3.05, 3.63) is 18.0 Å². The SMILES string of the molecule is Cn1cc(CC(NN)C2COCCO2)cn1. The number of nitrogens with one attached hydrogen (secondary N) is 1. The first-order chi connectivity index (χ1) is 7.79. The van der Waals surface area contributed by atoms with Gasteiger partial charge in [0.2, 0.25) is 0 Å². The summed E-state index contributed by atoms with van der Waals surface area (Å²) in [5.41, 5.74) is 3.93. The molecule has 6 nitrogen and oxygen atoms in total. The molecule has 2 atom stereocenters. The van der Waals surface area contributed by atoms with Gasteiger partial charge in [0.1, 0.15) is 0 Å². The van der Waals surface area contributed by atoms with Crippen LogP contribution >= 0.6 is 0 Å². The van der Waals surface area contributed by atoms with E-state index < -0.39 is 0 Å². The van der Waals surface area contributed by atoms with Crippen LogP contribution in [0.3, 0.4) is 0 Å². The third-order valence-corrected chi connectivity index (χ3v) is 2.72. The number of rotatable bonds is 4. The Balaban J connectivity index is 1.94. The molecule has 0 bridgehead atoms. The summed E-state index contributed by atoms with van der Waals surface area (Å²) < 4.78 is 12.8. The molecule has 1 saturated heterocycles. The largest absolute Gasteiger partial charge is 0.376 e. The van der Waals surface area contributed by atoms with Crippen molar-refractivity contribution in [3.8, 4) is 0 Å². The van der Waals surface area contributed by atoms with Crippen molar-refractivity contribution in [2.75, 3.05) is 19.8 Å². The minimum Gasteiger partial charge on any atom is -0.376 e. The van der Waals surface area contributed by atoms with Crippen LogP contribution in [0.15, 0.2) is 12.4 Å². The maximum absolute atomic E-state index is 5.62. The summed E-state index contributed by atoms with van der Waals surface area (Å²) in [6.07, 6.45) is 4.62. The zero-order chi connectivity index (χ0) is 11.4. The second-order valence-corrected chi connectivity index (χ2v) is 3.98. The third-order valence-electron chi connectivity index (χ3n) is 2.72. The molecule has 1 aliphatic rings. The number of hydrogen-bond acceptors (Lipinski definition) is 5. The van der Waals surface area contributed by atoms with Crippen molar-refractivity contribution in [2.24, 2.45) is 12.9 Å². The minimum absolute atomic E-state index is 0.0129. The van der Waals surface area contributed by atoms with Crippen LogP contribution in [0.4, 0.5) is 0 Å². The number of aryl methyl sites for hydroxylation is 1. The average molecular weight is 226 g/mol. The van der Waals surface area contributed by atoms with Crippen LogP contribution < -0.4 is 11.3 Å². The van der Waals surface area contributed by atoms with Gasteiger partial charge in [0, 0.05) is 13.2 Å². The molecule has 0 aliphatic carbocycles. The molecule has 0 aromatic carbocycles. The second kappa shape index (κ2) is 5.40. The third kappa shape index (κ3) is 2.79. The van der Waals surface area contributed by atoms with Gasteiger partial charge in [-0.05, 0) is 12.0 Å². The van der Waals surface area contributed by atoms with E-state index in [9.17, 15) is 0 Å². The van der Waals surface area contributed by atoms with Gasteiger partial charge in [-0.1, -0.05) is 0 Å². The van der Waals surface area contributed by atoms with Gasteiger partial charge >= 0.3 is 0 Å². The van der Waals surface area contributed by atoms with E-state index in [0.29, 0.717) is 19.8 Å². The lowest BCUT2D eigenvalue weighted by Crippen LogP contribution is -2.50. The minimum atomic E-state index is 0.0129. The normalized spacial score (nSPS) is 23.2. The van der Waals surface area contributed by atoms with E-state index in [-0.39, 0.29) is 12.1 Å². The van der Waals surface area contributed by atoms with Gasteiger partial charge in [0.25, 0.3) is 0 Å². The molecule has 1 aromatic rings. The van der Waals surface area contributed by atoms with Crippen molar-refractivity contribution < 1.29 is 9.47 Å². The first-order valence-corrected chi connectivity index (χ1v) is 5.42. The molecule has 6 heteroatoms. The van der Waals surface area contributed by atoms with Gasteiger partial charge in [-0.15, -0.1) is 0 Å². The highest BCUT2D eigenvalue weighted by molar-refractivity contribution is 5.06. The quantitative estimate of drug-likeness (QED) is 0.520. The zero-order valence-corrected chi connectivity index (χ0v) is 9.43. The van der Waals surface area contributed by atoms with Crippen LogP contribution in [0.5, 0.6) is 0 Å². The molecule has 0 radical (unpaired) electrons. The van der Waals surface area contributed by atoms with Crippen molar-refractivity contribution in [3.63, 3.8) is 0 Å². The van der Waals surface area contributed by atoms with Crippen molar-refractivity contribution in [1.82, 2.24) is 15.2 Å². The van der Waals surface area contributed by atoms with Gasteiger partial charge in [-0.2, -0.15) is 5.10 Å². The Morgan fingerprint density at radius 1 is 1.69 bits per heavy atom. The Morgan fingerprint density at radius 3 is 3.12 bits per heavy atom. The van der Waals surface area contributed by atoms with Crippen molar-refractivity contribution in [1.29, 1.82) is 0 Å². The molecule has 0 spiro atoms. The smallest absolute Gasteiger partial charge is 0.0978 e. The Labute approximate surface area is 94.7 Å². The van der Waals surface area contributed by atoms with E-state index in [1.54, 1.807) is 4.68 Å². The number of hydrogen-bond donors (Lipinski definition) is 2. The molecule has 16 heavy (non-hydrogen) atoms. The van der Waals surface area contributed by atoms with Gasteiger partial charge < -0.3 is 9.47 Å². The van der Waals surface area contributed by atoms with Gasteiger partial charge in [-0.25, -0.2) is 0 Å². The molecule has 1 fully saturated rings. The lowest BCUT2D eigenvalue weighted by Gasteiger charge is -2.29. The Morgan fingerprint density at radius 2 is 2.56 bits per heavy atom. The van der Waals surface area contributed by atoms with E-state index >= 15 is 0 Å².